The van der Waals surface area contributed by atoms with E-state index in [0.717, 1.165) is 5.56 Å². The molecule has 3 nitrogen and oxygen atoms in total. The molecular formula is C10H11ClO3. The van der Waals surface area contributed by atoms with E-state index >= 15 is 0 Å². The van der Waals surface area contributed by atoms with Crippen molar-refractivity contribution < 1.29 is 15.0 Å². The van der Waals surface area contributed by atoms with E-state index in [-0.39, 0.29) is 6.42 Å². The lowest BCUT2D eigenvalue weighted by molar-refractivity contribution is -0.146. The van der Waals surface area contributed by atoms with E-state index < -0.39 is 12.1 Å². The minimum absolute atomic E-state index is 0.180. The summed E-state index contributed by atoms with van der Waals surface area (Å²) in [5.74, 6) is -1.20. The van der Waals surface area contributed by atoms with E-state index in [1.54, 1.807) is 12.1 Å². The fourth-order valence-electron chi connectivity index (χ4n) is 1.12. The number of benzene rings is 1. The summed E-state index contributed by atoms with van der Waals surface area (Å²) < 4.78 is 0. The summed E-state index contributed by atoms with van der Waals surface area (Å²) in [6.07, 6.45) is -0.669. The quantitative estimate of drug-likeness (QED) is 0.803. The van der Waals surface area contributed by atoms with Crippen molar-refractivity contribution in [2.45, 2.75) is 18.9 Å². The van der Waals surface area contributed by atoms with Gasteiger partial charge >= 0.3 is 5.97 Å². The molecule has 1 rings (SSSR count). The second-order valence-corrected chi connectivity index (χ2v) is 3.39. The summed E-state index contributed by atoms with van der Waals surface area (Å²) in [7, 11) is 0. The zero-order valence-electron chi connectivity index (χ0n) is 7.48. The number of aryl methyl sites for hydroxylation is 1. The minimum Gasteiger partial charge on any atom is -0.479 e. The summed E-state index contributed by atoms with van der Waals surface area (Å²) in [4.78, 5) is 10.3. The van der Waals surface area contributed by atoms with Crippen molar-refractivity contribution in [2.24, 2.45) is 0 Å². The molecule has 1 unspecified atom stereocenters. The van der Waals surface area contributed by atoms with E-state index in [4.69, 9.17) is 21.8 Å². The first-order chi connectivity index (χ1) is 6.61. The topological polar surface area (TPSA) is 57.5 Å². The predicted molar refractivity (Wildman–Crippen MR) is 53.4 cm³/mol. The first-order valence-corrected chi connectivity index (χ1v) is 4.63. The maximum Gasteiger partial charge on any atom is 0.332 e. The molecule has 1 aromatic carbocycles. The Morgan fingerprint density at radius 3 is 2.64 bits per heavy atom. The zero-order valence-corrected chi connectivity index (χ0v) is 8.24. The van der Waals surface area contributed by atoms with Crippen LogP contribution in [0.2, 0.25) is 5.02 Å². The SMILES string of the molecule is O=C(O)C(O)CCc1ccccc1Cl. The van der Waals surface area contributed by atoms with Crippen molar-refractivity contribution in [2.75, 3.05) is 0 Å². The maximum atomic E-state index is 10.3. The van der Waals surface area contributed by atoms with Gasteiger partial charge in [-0.05, 0) is 24.5 Å². The summed E-state index contributed by atoms with van der Waals surface area (Å²) in [6, 6.07) is 7.19. The molecule has 0 aliphatic rings. The number of aliphatic carboxylic acids is 1. The van der Waals surface area contributed by atoms with Crippen LogP contribution >= 0.6 is 11.6 Å². The van der Waals surface area contributed by atoms with Crippen LogP contribution in [-0.2, 0) is 11.2 Å². The summed E-state index contributed by atoms with van der Waals surface area (Å²) in [5.41, 5.74) is 0.856. The minimum atomic E-state index is -1.31. The number of aliphatic hydroxyl groups excluding tert-OH is 1. The maximum absolute atomic E-state index is 10.3. The molecule has 1 aromatic rings. The fourth-order valence-corrected chi connectivity index (χ4v) is 1.35. The average Bonchev–Trinajstić information content (AvgIpc) is 2.16. The van der Waals surface area contributed by atoms with Gasteiger partial charge in [0.25, 0.3) is 0 Å². The van der Waals surface area contributed by atoms with Crippen LogP contribution in [-0.4, -0.2) is 22.3 Å². The van der Waals surface area contributed by atoms with Crippen molar-refractivity contribution in [3.8, 4) is 0 Å². The summed E-state index contributed by atoms with van der Waals surface area (Å²) in [5, 5.41) is 18.1. The third kappa shape index (κ3) is 3.01. The third-order valence-corrected chi connectivity index (χ3v) is 2.30. The molecule has 0 radical (unpaired) electrons. The molecule has 4 heteroatoms. The van der Waals surface area contributed by atoms with Crippen molar-refractivity contribution in [1.82, 2.24) is 0 Å². The lowest BCUT2D eigenvalue weighted by atomic mass is 10.1. The highest BCUT2D eigenvalue weighted by atomic mass is 35.5. The Hall–Kier alpha value is -1.06. The van der Waals surface area contributed by atoms with Crippen molar-refractivity contribution in [3.05, 3.63) is 34.9 Å². The number of rotatable bonds is 4. The summed E-state index contributed by atoms with van der Waals surface area (Å²) >= 11 is 5.86. The van der Waals surface area contributed by atoms with Crippen LogP contribution in [0.3, 0.4) is 0 Å². The van der Waals surface area contributed by atoms with Gasteiger partial charge in [0, 0.05) is 5.02 Å². The number of carbonyl (C=O) groups is 1. The van der Waals surface area contributed by atoms with E-state index in [2.05, 4.69) is 0 Å². The Labute approximate surface area is 86.9 Å². The highest BCUT2D eigenvalue weighted by molar-refractivity contribution is 6.31. The molecule has 0 saturated carbocycles. The molecule has 0 aliphatic heterocycles. The van der Waals surface area contributed by atoms with E-state index in [0.29, 0.717) is 11.4 Å². The van der Waals surface area contributed by atoms with Crippen molar-refractivity contribution in [3.63, 3.8) is 0 Å². The van der Waals surface area contributed by atoms with E-state index in [1.807, 2.05) is 12.1 Å². The van der Waals surface area contributed by atoms with Gasteiger partial charge in [-0.1, -0.05) is 29.8 Å². The predicted octanol–water partition coefficient (Wildman–Crippen LogP) is 1.72. The van der Waals surface area contributed by atoms with Gasteiger partial charge in [-0.25, -0.2) is 4.79 Å². The summed E-state index contributed by atoms with van der Waals surface area (Å²) in [6.45, 7) is 0. The van der Waals surface area contributed by atoms with Crippen LogP contribution in [0.15, 0.2) is 24.3 Å². The molecule has 0 amide bonds. The smallest absolute Gasteiger partial charge is 0.332 e. The zero-order chi connectivity index (χ0) is 10.6. The molecule has 0 aliphatic carbocycles. The van der Waals surface area contributed by atoms with Gasteiger partial charge in [-0.2, -0.15) is 0 Å². The molecular weight excluding hydrogens is 204 g/mol. The Morgan fingerprint density at radius 2 is 2.07 bits per heavy atom. The molecule has 2 N–H and O–H groups in total. The molecule has 0 fully saturated rings. The van der Waals surface area contributed by atoms with E-state index in [1.165, 1.54) is 0 Å². The number of halogens is 1. The van der Waals surface area contributed by atoms with Gasteiger partial charge in [-0.15, -0.1) is 0 Å². The number of carboxylic acids is 1. The molecule has 1 atom stereocenters. The average molecular weight is 215 g/mol. The molecule has 0 saturated heterocycles. The number of hydrogen-bond donors (Lipinski definition) is 2. The highest BCUT2D eigenvalue weighted by Gasteiger charge is 2.13. The number of carboxylic acid groups (broad SMARTS) is 1. The third-order valence-electron chi connectivity index (χ3n) is 1.93. The lowest BCUT2D eigenvalue weighted by Crippen LogP contribution is -2.19. The fraction of sp³-hybridized carbons (Fsp3) is 0.300. The van der Waals surface area contributed by atoms with Crippen LogP contribution in [0.25, 0.3) is 0 Å². The molecule has 76 valence electrons. The Kier molecular flexibility index (Phi) is 3.92. The van der Waals surface area contributed by atoms with Crippen LogP contribution in [0, 0.1) is 0 Å². The van der Waals surface area contributed by atoms with Crippen LogP contribution < -0.4 is 0 Å². The molecule has 0 aromatic heterocycles. The Bertz CT molecular complexity index is 325. The van der Waals surface area contributed by atoms with Gasteiger partial charge < -0.3 is 10.2 Å². The van der Waals surface area contributed by atoms with Gasteiger partial charge in [0.2, 0.25) is 0 Å². The van der Waals surface area contributed by atoms with Crippen LogP contribution in [0.4, 0.5) is 0 Å². The second-order valence-electron chi connectivity index (χ2n) is 2.98. The normalized spacial score (nSPS) is 12.4. The van der Waals surface area contributed by atoms with Crippen molar-refractivity contribution in [1.29, 1.82) is 0 Å². The first-order valence-electron chi connectivity index (χ1n) is 4.25. The monoisotopic (exact) mass is 214 g/mol. The molecule has 0 heterocycles. The van der Waals surface area contributed by atoms with Gasteiger partial charge in [0.15, 0.2) is 6.10 Å². The molecule has 0 spiro atoms. The van der Waals surface area contributed by atoms with Gasteiger partial charge in [-0.3, -0.25) is 0 Å². The van der Waals surface area contributed by atoms with Gasteiger partial charge in [0.05, 0.1) is 0 Å². The number of hydrogen-bond acceptors (Lipinski definition) is 2. The molecule has 14 heavy (non-hydrogen) atoms. The largest absolute Gasteiger partial charge is 0.479 e. The van der Waals surface area contributed by atoms with E-state index in [9.17, 15) is 4.79 Å². The second kappa shape index (κ2) is 4.98. The molecule has 0 bridgehead atoms. The van der Waals surface area contributed by atoms with Crippen LogP contribution in [0.5, 0.6) is 0 Å². The highest BCUT2D eigenvalue weighted by Crippen LogP contribution is 2.17. The standard InChI is InChI=1S/C10H11ClO3/c11-8-4-2-1-3-7(8)5-6-9(12)10(13)14/h1-4,9,12H,5-6H2,(H,13,14). The lowest BCUT2D eigenvalue weighted by Gasteiger charge is -2.06. The first kappa shape index (κ1) is 11.0. The van der Waals surface area contributed by atoms with Gasteiger partial charge in [0.1, 0.15) is 0 Å². The van der Waals surface area contributed by atoms with Crippen molar-refractivity contribution >= 4 is 17.6 Å². The Balaban J connectivity index is 2.54. The van der Waals surface area contributed by atoms with Crippen LogP contribution in [0.1, 0.15) is 12.0 Å². The Morgan fingerprint density at radius 1 is 1.43 bits per heavy atom. The number of aliphatic hydroxyl groups is 1.